The molecule has 1 heterocycles. The maximum absolute atomic E-state index is 11.5. The Balaban J connectivity index is 0.00000256. The summed E-state index contributed by atoms with van der Waals surface area (Å²) in [4.78, 5) is 11.5. The molecule has 0 aromatic rings. The minimum atomic E-state index is -0.0743. The molecule has 2 atom stereocenters. The number of halogens is 1. The van der Waals surface area contributed by atoms with Gasteiger partial charge in [-0.15, -0.1) is 0 Å². The number of amidine groups is 1. The molecule has 1 aliphatic rings. The molecule has 0 radical (unpaired) electrons. The minimum Gasteiger partial charge on any atom is -1.00 e. The summed E-state index contributed by atoms with van der Waals surface area (Å²) in [6.45, 7) is 4.31. The molecule has 4 nitrogen and oxygen atoms in total. The molecule has 1 fully saturated rings. The molecule has 0 aromatic heterocycles. The first-order chi connectivity index (χ1) is 7.49. The molecule has 100 valence electrons. The summed E-state index contributed by atoms with van der Waals surface area (Å²) >= 11 is 1.24. The van der Waals surface area contributed by atoms with Crippen LogP contribution in [-0.4, -0.2) is 23.0 Å². The zero-order chi connectivity index (χ0) is 12.1. The zero-order valence-corrected chi connectivity index (χ0v) is 12.6. The number of nitrogens with one attached hydrogen (secondary N) is 1. The van der Waals surface area contributed by atoms with Crippen LogP contribution in [0.3, 0.4) is 0 Å². The van der Waals surface area contributed by atoms with E-state index >= 15 is 0 Å². The van der Waals surface area contributed by atoms with Crippen molar-refractivity contribution in [2.75, 3.05) is 5.75 Å². The fraction of sp³-hybridized carbons (Fsp3) is 0.818. The second-order valence-corrected chi connectivity index (χ2v) is 5.70. The standard InChI is InChI=1S/C11H20N2O2S.BrH/c1-7(2)3-4-8-5-9(15-10(8)14)6-16-11(12)13;/h7-9H,3-6H2,1-2H3,(H3,12,13);1H/p-1. The summed E-state index contributed by atoms with van der Waals surface area (Å²) in [5.74, 6) is 1.22. The smallest absolute Gasteiger partial charge is 0.309 e. The van der Waals surface area contributed by atoms with Gasteiger partial charge in [-0.2, -0.15) is 0 Å². The molecular formula is C11H20BrN2O2S-. The summed E-state index contributed by atoms with van der Waals surface area (Å²) in [5.41, 5.74) is 5.24. The lowest BCUT2D eigenvalue weighted by Gasteiger charge is -2.07. The summed E-state index contributed by atoms with van der Waals surface area (Å²) in [6.07, 6.45) is 2.70. The van der Waals surface area contributed by atoms with Crippen LogP contribution < -0.4 is 22.7 Å². The highest BCUT2D eigenvalue weighted by Crippen LogP contribution is 2.28. The lowest BCUT2D eigenvalue weighted by molar-refractivity contribution is -0.143. The van der Waals surface area contributed by atoms with Crippen molar-refractivity contribution < 1.29 is 26.5 Å². The van der Waals surface area contributed by atoms with Gasteiger partial charge in [-0.25, -0.2) is 0 Å². The number of carbonyl (C=O) groups is 1. The first kappa shape index (κ1) is 16.8. The summed E-state index contributed by atoms with van der Waals surface area (Å²) in [6, 6.07) is 0. The molecular weight excluding hydrogens is 304 g/mol. The van der Waals surface area contributed by atoms with Crippen LogP contribution in [0.25, 0.3) is 0 Å². The molecule has 0 aliphatic carbocycles. The summed E-state index contributed by atoms with van der Waals surface area (Å²) in [7, 11) is 0. The van der Waals surface area contributed by atoms with Gasteiger partial charge in [0.25, 0.3) is 0 Å². The van der Waals surface area contributed by atoms with Gasteiger partial charge >= 0.3 is 5.97 Å². The lowest BCUT2D eigenvalue weighted by atomic mass is 9.95. The Morgan fingerprint density at radius 1 is 1.65 bits per heavy atom. The van der Waals surface area contributed by atoms with Crippen LogP contribution in [0, 0.1) is 17.2 Å². The molecule has 1 aliphatic heterocycles. The van der Waals surface area contributed by atoms with Crippen LogP contribution >= 0.6 is 11.8 Å². The number of cyclic esters (lactones) is 1. The van der Waals surface area contributed by atoms with Crippen molar-refractivity contribution in [1.82, 2.24) is 0 Å². The quantitative estimate of drug-likeness (QED) is 0.386. The van der Waals surface area contributed by atoms with Crippen LogP contribution in [-0.2, 0) is 9.53 Å². The molecule has 0 amide bonds. The molecule has 0 spiro atoms. The van der Waals surface area contributed by atoms with Crippen LogP contribution in [0.5, 0.6) is 0 Å². The maximum atomic E-state index is 11.5. The fourth-order valence-electron chi connectivity index (χ4n) is 1.78. The highest BCUT2D eigenvalue weighted by atomic mass is 79.9. The summed E-state index contributed by atoms with van der Waals surface area (Å²) in [5, 5.41) is 7.18. The Morgan fingerprint density at radius 3 is 2.82 bits per heavy atom. The number of esters is 1. The van der Waals surface area contributed by atoms with E-state index in [0.717, 1.165) is 19.3 Å². The van der Waals surface area contributed by atoms with Gasteiger partial charge in [0.2, 0.25) is 0 Å². The van der Waals surface area contributed by atoms with Gasteiger partial charge in [-0.3, -0.25) is 10.2 Å². The predicted octanol–water partition coefficient (Wildman–Crippen LogP) is -1.02. The minimum absolute atomic E-state index is 0. The van der Waals surface area contributed by atoms with Crippen molar-refractivity contribution >= 4 is 22.9 Å². The van der Waals surface area contributed by atoms with Gasteiger partial charge in [0.05, 0.1) is 5.92 Å². The van der Waals surface area contributed by atoms with E-state index in [-0.39, 0.29) is 40.1 Å². The van der Waals surface area contributed by atoms with Crippen molar-refractivity contribution in [3.8, 4) is 0 Å². The van der Waals surface area contributed by atoms with E-state index in [2.05, 4.69) is 13.8 Å². The highest BCUT2D eigenvalue weighted by Gasteiger charge is 2.33. The molecule has 0 bridgehead atoms. The third-order valence-electron chi connectivity index (χ3n) is 2.68. The van der Waals surface area contributed by atoms with E-state index in [1.807, 2.05) is 0 Å². The second-order valence-electron chi connectivity index (χ2n) is 4.64. The largest absolute Gasteiger partial charge is 1.00 e. The van der Waals surface area contributed by atoms with E-state index in [9.17, 15) is 4.79 Å². The SMILES string of the molecule is CC(C)CCC1CC(CSC(=N)N)OC1=O.[Br-]. The van der Waals surface area contributed by atoms with Crippen molar-refractivity contribution in [2.45, 2.75) is 39.2 Å². The number of ether oxygens (including phenoxy) is 1. The van der Waals surface area contributed by atoms with Gasteiger partial charge in [-0.05, 0) is 18.8 Å². The fourth-order valence-corrected chi connectivity index (χ4v) is 2.35. The van der Waals surface area contributed by atoms with Crippen LogP contribution in [0.1, 0.15) is 33.1 Å². The first-order valence-electron chi connectivity index (χ1n) is 5.66. The average Bonchev–Trinajstić information content (AvgIpc) is 2.53. The monoisotopic (exact) mass is 323 g/mol. The molecule has 1 saturated heterocycles. The molecule has 17 heavy (non-hydrogen) atoms. The Hall–Kier alpha value is -0.230. The first-order valence-corrected chi connectivity index (χ1v) is 6.65. The van der Waals surface area contributed by atoms with Crippen molar-refractivity contribution in [1.29, 1.82) is 5.41 Å². The number of thioether (sulfide) groups is 1. The lowest BCUT2D eigenvalue weighted by Crippen LogP contribution is -3.00. The van der Waals surface area contributed by atoms with E-state index in [1.165, 1.54) is 11.8 Å². The number of rotatable bonds is 5. The van der Waals surface area contributed by atoms with E-state index < -0.39 is 0 Å². The number of nitrogens with two attached hydrogens (primary N) is 1. The maximum Gasteiger partial charge on any atom is 0.309 e. The van der Waals surface area contributed by atoms with Crippen molar-refractivity contribution in [3.05, 3.63) is 0 Å². The van der Waals surface area contributed by atoms with Gasteiger partial charge in [0.15, 0.2) is 5.17 Å². The molecule has 0 aromatic carbocycles. The number of carbonyl (C=O) groups excluding carboxylic acids is 1. The molecule has 3 N–H and O–H groups in total. The van der Waals surface area contributed by atoms with Crippen LogP contribution in [0.15, 0.2) is 0 Å². The van der Waals surface area contributed by atoms with Gasteiger partial charge in [-0.1, -0.05) is 32.0 Å². The van der Waals surface area contributed by atoms with Gasteiger partial charge in [0, 0.05) is 5.75 Å². The van der Waals surface area contributed by atoms with Crippen LogP contribution in [0.4, 0.5) is 0 Å². The van der Waals surface area contributed by atoms with Gasteiger partial charge in [0.1, 0.15) is 6.10 Å². The third-order valence-corrected chi connectivity index (χ3v) is 3.53. The van der Waals surface area contributed by atoms with Crippen LogP contribution in [0.2, 0.25) is 0 Å². The molecule has 0 saturated carbocycles. The van der Waals surface area contributed by atoms with E-state index in [4.69, 9.17) is 15.9 Å². The van der Waals surface area contributed by atoms with E-state index in [0.29, 0.717) is 11.7 Å². The molecule has 1 rings (SSSR count). The topological polar surface area (TPSA) is 76.2 Å². The Labute approximate surface area is 117 Å². The molecule has 2 unspecified atom stereocenters. The second kappa shape index (κ2) is 7.97. The van der Waals surface area contributed by atoms with E-state index in [1.54, 1.807) is 0 Å². The Bertz CT molecular complexity index is 274. The number of hydrogen-bond donors (Lipinski definition) is 2. The van der Waals surface area contributed by atoms with Gasteiger partial charge < -0.3 is 27.5 Å². The average molecular weight is 324 g/mol. The highest BCUT2D eigenvalue weighted by molar-refractivity contribution is 8.13. The Morgan fingerprint density at radius 2 is 2.29 bits per heavy atom. The zero-order valence-electron chi connectivity index (χ0n) is 10.2. The Kier molecular flexibility index (Phi) is 7.87. The van der Waals surface area contributed by atoms with Crippen molar-refractivity contribution in [2.24, 2.45) is 17.6 Å². The number of hydrogen-bond acceptors (Lipinski definition) is 4. The van der Waals surface area contributed by atoms with Crippen molar-refractivity contribution in [3.63, 3.8) is 0 Å². The predicted molar refractivity (Wildman–Crippen MR) is 66.4 cm³/mol. The normalized spacial score (nSPS) is 23.4. The third kappa shape index (κ3) is 6.31. The molecule has 6 heteroatoms. The summed E-state index contributed by atoms with van der Waals surface area (Å²) < 4.78 is 5.24.